The topological polar surface area (TPSA) is 138 Å². The fourth-order valence-corrected chi connectivity index (χ4v) is 4.64. The number of aromatic amines is 1. The molecular formula is C25H21FN6O5. The van der Waals surface area contributed by atoms with Crippen molar-refractivity contribution in [1.29, 1.82) is 0 Å². The fraction of sp³-hybridized carbons (Fsp3) is 0.240. The molecule has 1 aromatic carbocycles. The van der Waals surface area contributed by atoms with E-state index < -0.39 is 29.3 Å². The van der Waals surface area contributed by atoms with Gasteiger partial charge in [-0.15, -0.1) is 0 Å². The van der Waals surface area contributed by atoms with E-state index in [9.17, 15) is 14.7 Å². The number of anilines is 2. The van der Waals surface area contributed by atoms with Gasteiger partial charge in [-0.2, -0.15) is 9.97 Å². The first kappa shape index (κ1) is 22.9. The van der Waals surface area contributed by atoms with Gasteiger partial charge in [-0.05, 0) is 25.1 Å². The van der Waals surface area contributed by atoms with Gasteiger partial charge in [-0.1, -0.05) is 18.2 Å². The minimum Gasteiger partial charge on any atom is -0.503 e. The standard InChI is InChI=1S/C25H21FN6O5/c1-13-6-7-16(37-13)20(33)17-19(14-4-2-3-5-15(14)26)32(24(35)21(17)34)25-29-22-18(27-12-28-22)23(30-25)31-8-10-36-11-9-31/h2-7,12,19,34H,8-11H2,1H3,(H,27,28,29,30). The van der Waals surface area contributed by atoms with Crippen molar-refractivity contribution in [2.24, 2.45) is 0 Å². The van der Waals surface area contributed by atoms with Crippen LogP contribution in [0.3, 0.4) is 0 Å². The summed E-state index contributed by atoms with van der Waals surface area (Å²) in [5, 5.41) is 10.9. The summed E-state index contributed by atoms with van der Waals surface area (Å²) in [6, 6.07) is 7.40. The van der Waals surface area contributed by atoms with Gasteiger partial charge in [0.1, 0.15) is 17.6 Å². The second-order valence-corrected chi connectivity index (χ2v) is 8.65. The van der Waals surface area contributed by atoms with Gasteiger partial charge < -0.3 is 24.1 Å². The molecule has 0 radical (unpaired) electrons. The normalized spacial score (nSPS) is 18.3. The summed E-state index contributed by atoms with van der Waals surface area (Å²) in [5.74, 6) is -2.47. The molecule has 1 fully saturated rings. The number of aliphatic hydroxyl groups excluding tert-OH is 1. The second kappa shape index (κ2) is 8.82. The van der Waals surface area contributed by atoms with Crippen LogP contribution in [0.5, 0.6) is 0 Å². The molecule has 3 aromatic heterocycles. The third kappa shape index (κ3) is 3.73. The zero-order chi connectivity index (χ0) is 25.7. The highest BCUT2D eigenvalue weighted by Crippen LogP contribution is 2.42. The number of nitrogens with one attached hydrogen (secondary N) is 1. The minimum absolute atomic E-state index is 0.00671. The Morgan fingerprint density at radius 2 is 1.95 bits per heavy atom. The highest BCUT2D eigenvalue weighted by molar-refractivity contribution is 6.20. The number of hydrogen-bond acceptors (Lipinski definition) is 9. The molecule has 2 aliphatic heterocycles. The summed E-state index contributed by atoms with van der Waals surface area (Å²) >= 11 is 0. The molecule has 1 saturated heterocycles. The lowest BCUT2D eigenvalue weighted by Gasteiger charge is -2.29. The van der Waals surface area contributed by atoms with E-state index in [1.807, 2.05) is 4.90 Å². The third-order valence-corrected chi connectivity index (χ3v) is 6.39. The van der Waals surface area contributed by atoms with Gasteiger partial charge in [0.05, 0.1) is 25.1 Å². The van der Waals surface area contributed by atoms with E-state index in [1.165, 1.54) is 30.6 Å². The molecule has 1 unspecified atom stereocenters. The van der Waals surface area contributed by atoms with Crippen LogP contribution in [0.4, 0.5) is 16.2 Å². The van der Waals surface area contributed by atoms with Crippen LogP contribution >= 0.6 is 0 Å². The Morgan fingerprint density at radius 1 is 1.16 bits per heavy atom. The van der Waals surface area contributed by atoms with Crippen LogP contribution in [-0.4, -0.2) is 63.0 Å². The Hall–Kier alpha value is -4.58. The Kier molecular flexibility index (Phi) is 5.45. The number of imidazole rings is 1. The molecule has 0 bridgehead atoms. The van der Waals surface area contributed by atoms with Crippen molar-refractivity contribution >= 4 is 34.6 Å². The average Bonchev–Trinajstić information content (AvgIpc) is 3.62. The number of furan rings is 1. The number of amides is 1. The van der Waals surface area contributed by atoms with E-state index >= 15 is 4.39 Å². The number of ether oxygens (including phenoxy) is 1. The molecule has 1 atom stereocenters. The average molecular weight is 504 g/mol. The fourth-order valence-electron chi connectivity index (χ4n) is 4.64. The van der Waals surface area contributed by atoms with Crippen LogP contribution in [0, 0.1) is 12.7 Å². The number of fused-ring (bicyclic) bond motifs is 1. The number of aliphatic hydroxyl groups is 1. The van der Waals surface area contributed by atoms with Crippen LogP contribution < -0.4 is 9.80 Å². The number of nitrogens with zero attached hydrogens (tertiary/aromatic N) is 5. The summed E-state index contributed by atoms with van der Waals surface area (Å²) < 4.78 is 26.0. The summed E-state index contributed by atoms with van der Waals surface area (Å²) in [6.07, 6.45) is 1.46. The van der Waals surface area contributed by atoms with Crippen molar-refractivity contribution in [2.45, 2.75) is 13.0 Å². The van der Waals surface area contributed by atoms with Gasteiger partial charge in [-0.25, -0.2) is 9.37 Å². The second-order valence-electron chi connectivity index (χ2n) is 8.65. The van der Waals surface area contributed by atoms with Crippen LogP contribution in [-0.2, 0) is 9.53 Å². The van der Waals surface area contributed by atoms with E-state index in [-0.39, 0.29) is 22.8 Å². The Morgan fingerprint density at radius 3 is 2.68 bits per heavy atom. The molecule has 188 valence electrons. The summed E-state index contributed by atoms with van der Waals surface area (Å²) in [5.41, 5.74) is 0.491. The molecule has 1 amide bonds. The minimum atomic E-state index is -1.34. The number of carbonyl (C=O) groups is 2. The number of carbonyl (C=O) groups excluding carboxylic acids is 2. The maximum Gasteiger partial charge on any atom is 0.296 e. The summed E-state index contributed by atoms with van der Waals surface area (Å²) in [4.78, 5) is 46.3. The van der Waals surface area contributed by atoms with Crippen molar-refractivity contribution in [1.82, 2.24) is 19.9 Å². The molecule has 11 nitrogen and oxygen atoms in total. The first-order valence-corrected chi connectivity index (χ1v) is 11.6. The number of hydrogen-bond donors (Lipinski definition) is 2. The monoisotopic (exact) mass is 504 g/mol. The largest absolute Gasteiger partial charge is 0.503 e. The number of aromatic nitrogens is 4. The van der Waals surface area contributed by atoms with Gasteiger partial charge in [0, 0.05) is 18.7 Å². The van der Waals surface area contributed by atoms with Crippen LogP contribution in [0.2, 0.25) is 0 Å². The molecule has 0 spiro atoms. The SMILES string of the molecule is Cc1ccc(C(=O)C2=C(O)C(=O)N(c3nc(N4CCOCC4)c4nc[nH]c4n3)C2c2ccccc2F)o1. The van der Waals surface area contributed by atoms with Crippen LogP contribution in [0.25, 0.3) is 11.2 Å². The molecule has 37 heavy (non-hydrogen) atoms. The molecule has 2 N–H and O–H groups in total. The number of H-pyrrole nitrogens is 1. The van der Waals surface area contributed by atoms with Gasteiger partial charge >= 0.3 is 0 Å². The molecule has 2 aliphatic rings. The van der Waals surface area contributed by atoms with Gasteiger partial charge in [-0.3, -0.25) is 14.5 Å². The van der Waals surface area contributed by atoms with Gasteiger partial charge in [0.2, 0.25) is 11.7 Å². The highest BCUT2D eigenvalue weighted by atomic mass is 19.1. The first-order chi connectivity index (χ1) is 17.9. The van der Waals surface area contributed by atoms with Gasteiger partial charge in [0.15, 0.2) is 28.5 Å². The molecule has 0 saturated carbocycles. The first-order valence-electron chi connectivity index (χ1n) is 11.6. The van der Waals surface area contributed by atoms with Crippen molar-refractivity contribution in [3.8, 4) is 0 Å². The summed E-state index contributed by atoms with van der Waals surface area (Å²) in [7, 11) is 0. The van der Waals surface area contributed by atoms with Crippen molar-refractivity contribution in [2.75, 3.05) is 36.1 Å². The zero-order valence-electron chi connectivity index (χ0n) is 19.6. The summed E-state index contributed by atoms with van der Waals surface area (Å²) in [6.45, 7) is 3.69. The Balaban J connectivity index is 1.53. The van der Waals surface area contributed by atoms with Gasteiger partial charge in [0.25, 0.3) is 5.91 Å². The van der Waals surface area contributed by atoms with Crippen molar-refractivity contribution in [3.05, 3.63) is 77.0 Å². The number of aryl methyl sites for hydroxylation is 1. The van der Waals surface area contributed by atoms with E-state index in [0.29, 0.717) is 49.0 Å². The Bertz CT molecular complexity index is 1570. The number of halogens is 1. The van der Waals surface area contributed by atoms with Crippen LogP contribution in [0.15, 0.2) is 58.5 Å². The lowest BCUT2D eigenvalue weighted by molar-refractivity contribution is -0.117. The third-order valence-electron chi connectivity index (χ3n) is 6.39. The molecule has 12 heteroatoms. The van der Waals surface area contributed by atoms with E-state index in [1.54, 1.807) is 19.1 Å². The highest BCUT2D eigenvalue weighted by Gasteiger charge is 2.47. The number of Topliss-reactive ketones (excluding diaryl/α,β-unsaturated/α-hetero) is 1. The number of rotatable bonds is 5. The van der Waals surface area contributed by atoms with Crippen molar-refractivity contribution in [3.63, 3.8) is 0 Å². The van der Waals surface area contributed by atoms with E-state index in [4.69, 9.17) is 9.15 Å². The maximum atomic E-state index is 15.1. The number of ketones is 1. The lowest BCUT2D eigenvalue weighted by atomic mass is 9.95. The quantitative estimate of drug-likeness (QED) is 0.393. The lowest BCUT2D eigenvalue weighted by Crippen LogP contribution is -2.38. The number of benzene rings is 1. The smallest absolute Gasteiger partial charge is 0.296 e. The van der Waals surface area contributed by atoms with Crippen LogP contribution in [0.1, 0.15) is 27.9 Å². The molecule has 0 aliphatic carbocycles. The molecule has 6 rings (SSSR count). The van der Waals surface area contributed by atoms with E-state index in [0.717, 1.165) is 4.90 Å². The molecule has 4 aromatic rings. The maximum absolute atomic E-state index is 15.1. The zero-order valence-corrected chi connectivity index (χ0v) is 19.6. The molecular weight excluding hydrogens is 483 g/mol. The van der Waals surface area contributed by atoms with E-state index in [2.05, 4.69) is 19.9 Å². The Labute approximate surface area is 209 Å². The predicted molar refractivity (Wildman–Crippen MR) is 129 cm³/mol. The number of morpholine rings is 1. The van der Waals surface area contributed by atoms with Crippen molar-refractivity contribution < 1.29 is 28.2 Å². The predicted octanol–water partition coefficient (Wildman–Crippen LogP) is 3.01. The molecule has 5 heterocycles.